The minimum absolute atomic E-state index is 0.0885. The van der Waals surface area contributed by atoms with Crippen molar-refractivity contribution in [3.8, 4) is 0 Å². The Morgan fingerprint density at radius 1 is 1.17 bits per heavy atom. The molecule has 4 rings (SSSR count). The number of halogens is 1. The number of hydrogen-bond donors (Lipinski definition) is 1. The van der Waals surface area contributed by atoms with Gasteiger partial charge in [-0.05, 0) is 36.2 Å². The fraction of sp³-hybridized carbons (Fsp3) is 0.238. The van der Waals surface area contributed by atoms with Gasteiger partial charge in [-0.2, -0.15) is 0 Å². The van der Waals surface area contributed by atoms with Crippen molar-refractivity contribution in [3.05, 3.63) is 63.9 Å². The Kier molecular flexibility index (Phi) is 5.78. The van der Waals surface area contributed by atoms with Crippen molar-refractivity contribution in [1.29, 1.82) is 0 Å². The zero-order valence-electron chi connectivity index (χ0n) is 16.5. The highest BCUT2D eigenvalue weighted by molar-refractivity contribution is 7.99. The fourth-order valence-electron chi connectivity index (χ4n) is 3.25. The highest BCUT2D eigenvalue weighted by Crippen LogP contribution is 2.22. The Morgan fingerprint density at radius 2 is 1.97 bits per heavy atom. The van der Waals surface area contributed by atoms with Gasteiger partial charge in [-0.1, -0.05) is 55.4 Å². The average Bonchev–Trinajstić information content (AvgIpc) is 3.13. The number of thioether (sulfide) groups is 1. The maximum absolute atomic E-state index is 13.0. The van der Waals surface area contributed by atoms with Gasteiger partial charge in [0.15, 0.2) is 5.16 Å². The van der Waals surface area contributed by atoms with Crippen molar-refractivity contribution >= 4 is 51.6 Å². The van der Waals surface area contributed by atoms with Crippen molar-refractivity contribution in [2.45, 2.75) is 25.5 Å². The van der Waals surface area contributed by atoms with Crippen LogP contribution in [0, 0.1) is 5.92 Å². The molecule has 0 aliphatic carbocycles. The lowest BCUT2D eigenvalue weighted by molar-refractivity contribution is -0.113. The zero-order chi connectivity index (χ0) is 21.3. The van der Waals surface area contributed by atoms with E-state index in [-0.39, 0.29) is 23.1 Å². The SMILES string of the molecule is CC(C)Cn1c(=O)c2ccccc2n2c(SCC(=O)Nc3cccc(Cl)c3)nnc12. The Morgan fingerprint density at radius 3 is 2.73 bits per heavy atom. The Balaban J connectivity index is 1.67. The van der Waals surface area contributed by atoms with Gasteiger partial charge in [0.05, 0.1) is 16.7 Å². The molecule has 0 unspecified atom stereocenters. The van der Waals surface area contributed by atoms with Gasteiger partial charge in [0.1, 0.15) is 0 Å². The number of carbonyl (C=O) groups excluding carboxylic acids is 1. The monoisotopic (exact) mass is 441 g/mol. The zero-order valence-corrected chi connectivity index (χ0v) is 18.1. The first-order chi connectivity index (χ1) is 14.4. The maximum Gasteiger partial charge on any atom is 0.262 e. The lowest BCUT2D eigenvalue weighted by Crippen LogP contribution is -2.25. The van der Waals surface area contributed by atoms with E-state index in [1.807, 2.05) is 36.4 Å². The highest BCUT2D eigenvalue weighted by atomic mass is 35.5. The molecule has 9 heteroatoms. The second-order valence-electron chi connectivity index (χ2n) is 7.29. The van der Waals surface area contributed by atoms with Crippen LogP contribution in [-0.4, -0.2) is 30.8 Å². The Hall–Kier alpha value is -2.84. The topological polar surface area (TPSA) is 81.3 Å². The molecule has 0 bridgehead atoms. The van der Waals surface area contributed by atoms with Crippen LogP contribution in [0.25, 0.3) is 16.7 Å². The van der Waals surface area contributed by atoms with Gasteiger partial charge in [0.2, 0.25) is 11.7 Å². The fourth-order valence-corrected chi connectivity index (χ4v) is 4.18. The molecule has 0 aliphatic rings. The summed E-state index contributed by atoms with van der Waals surface area (Å²) in [6.07, 6.45) is 0. The van der Waals surface area contributed by atoms with Crippen molar-refractivity contribution in [3.63, 3.8) is 0 Å². The molecule has 7 nitrogen and oxygen atoms in total. The van der Waals surface area contributed by atoms with E-state index in [2.05, 4.69) is 15.5 Å². The first-order valence-corrected chi connectivity index (χ1v) is 10.9. The summed E-state index contributed by atoms with van der Waals surface area (Å²) in [7, 11) is 0. The van der Waals surface area contributed by atoms with E-state index in [1.165, 1.54) is 11.8 Å². The van der Waals surface area contributed by atoms with Crippen molar-refractivity contribution < 1.29 is 4.79 Å². The molecule has 0 fully saturated rings. The molecule has 0 spiro atoms. The summed E-state index contributed by atoms with van der Waals surface area (Å²) in [4.78, 5) is 25.4. The third-order valence-electron chi connectivity index (χ3n) is 4.47. The highest BCUT2D eigenvalue weighted by Gasteiger charge is 2.18. The third-order valence-corrected chi connectivity index (χ3v) is 5.63. The van der Waals surface area contributed by atoms with Crippen LogP contribution in [0.15, 0.2) is 58.5 Å². The predicted octanol–water partition coefficient (Wildman–Crippen LogP) is 4.08. The number of anilines is 1. The molecular weight excluding hydrogens is 422 g/mol. The summed E-state index contributed by atoms with van der Waals surface area (Å²) in [6.45, 7) is 4.62. The van der Waals surface area contributed by atoms with Crippen LogP contribution in [0.5, 0.6) is 0 Å². The Bertz CT molecular complexity index is 1300. The van der Waals surface area contributed by atoms with E-state index in [0.29, 0.717) is 33.6 Å². The Labute approximate surface area is 182 Å². The lowest BCUT2D eigenvalue weighted by Gasteiger charge is -2.12. The standard InChI is InChI=1S/C21H20ClN5O2S/c1-13(2)11-26-19(29)16-8-3-4-9-17(16)27-20(26)24-25-21(27)30-12-18(28)23-15-7-5-6-14(22)10-15/h3-10,13H,11-12H2,1-2H3,(H,23,28). The van der Waals surface area contributed by atoms with Crippen LogP contribution in [0.3, 0.4) is 0 Å². The molecule has 30 heavy (non-hydrogen) atoms. The first kappa shape index (κ1) is 20.4. The minimum Gasteiger partial charge on any atom is -0.325 e. The largest absolute Gasteiger partial charge is 0.325 e. The molecule has 154 valence electrons. The van der Waals surface area contributed by atoms with Gasteiger partial charge in [-0.25, -0.2) is 0 Å². The third kappa shape index (κ3) is 4.06. The first-order valence-electron chi connectivity index (χ1n) is 9.49. The van der Waals surface area contributed by atoms with Gasteiger partial charge < -0.3 is 5.32 Å². The van der Waals surface area contributed by atoms with Gasteiger partial charge in [-0.15, -0.1) is 10.2 Å². The number of amides is 1. The summed E-state index contributed by atoms with van der Waals surface area (Å²) in [5.41, 5.74) is 1.27. The number of carbonyl (C=O) groups is 1. The number of nitrogens with one attached hydrogen (secondary N) is 1. The summed E-state index contributed by atoms with van der Waals surface area (Å²) >= 11 is 7.23. The quantitative estimate of drug-likeness (QED) is 0.456. The van der Waals surface area contributed by atoms with Crippen LogP contribution >= 0.6 is 23.4 Å². The number of aromatic nitrogens is 4. The normalized spacial score (nSPS) is 11.5. The molecule has 0 atom stereocenters. The van der Waals surface area contributed by atoms with E-state index in [9.17, 15) is 9.59 Å². The van der Waals surface area contributed by atoms with Crippen LogP contribution in [-0.2, 0) is 11.3 Å². The van der Waals surface area contributed by atoms with E-state index in [4.69, 9.17) is 11.6 Å². The summed E-state index contributed by atoms with van der Waals surface area (Å²) in [5, 5.41) is 13.0. The van der Waals surface area contributed by atoms with Gasteiger partial charge >= 0.3 is 0 Å². The molecular formula is C21H20ClN5O2S. The van der Waals surface area contributed by atoms with Crippen molar-refractivity contribution in [2.75, 3.05) is 11.1 Å². The summed E-state index contributed by atoms with van der Waals surface area (Å²) in [6, 6.07) is 14.4. The number of para-hydroxylation sites is 1. The number of benzene rings is 2. The second-order valence-corrected chi connectivity index (χ2v) is 8.67. The van der Waals surface area contributed by atoms with Crippen molar-refractivity contribution in [2.24, 2.45) is 5.92 Å². The van der Waals surface area contributed by atoms with Crippen LogP contribution in [0.1, 0.15) is 13.8 Å². The molecule has 0 radical (unpaired) electrons. The molecule has 4 aromatic rings. The lowest BCUT2D eigenvalue weighted by atomic mass is 10.2. The van der Waals surface area contributed by atoms with E-state index in [1.54, 1.807) is 34.9 Å². The van der Waals surface area contributed by atoms with E-state index < -0.39 is 0 Å². The van der Waals surface area contributed by atoms with Gasteiger partial charge in [-0.3, -0.25) is 18.6 Å². The number of hydrogen-bond acceptors (Lipinski definition) is 5. The van der Waals surface area contributed by atoms with Crippen LogP contribution < -0.4 is 10.9 Å². The molecule has 0 saturated heterocycles. The van der Waals surface area contributed by atoms with Gasteiger partial charge in [0, 0.05) is 17.3 Å². The molecule has 2 aromatic heterocycles. The predicted molar refractivity (Wildman–Crippen MR) is 120 cm³/mol. The van der Waals surface area contributed by atoms with Crippen LogP contribution in [0.4, 0.5) is 5.69 Å². The van der Waals surface area contributed by atoms with E-state index >= 15 is 0 Å². The molecule has 0 saturated carbocycles. The number of fused-ring (bicyclic) bond motifs is 3. The maximum atomic E-state index is 13.0. The molecule has 1 amide bonds. The van der Waals surface area contributed by atoms with E-state index in [0.717, 1.165) is 5.52 Å². The number of rotatable bonds is 6. The van der Waals surface area contributed by atoms with Gasteiger partial charge in [0.25, 0.3) is 5.56 Å². The second kappa shape index (κ2) is 8.49. The number of nitrogens with zero attached hydrogens (tertiary/aromatic N) is 4. The van der Waals surface area contributed by atoms with Crippen molar-refractivity contribution in [1.82, 2.24) is 19.2 Å². The molecule has 2 heterocycles. The summed E-state index contributed by atoms with van der Waals surface area (Å²) in [5.74, 6) is 0.707. The molecule has 1 N–H and O–H groups in total. The molecule has 0 aliphatic heterocycles. The summed E-state index contributed by atoms with van der Waals surface area (Å²) < 4.78 is 3.49. The van der Waals surface area contributed by atoms with Crippen LogP contribution in [0.2, 0.25) is 5.02 Å². The smallest absolute Gasteiger partial charge is 0.262 e. The molecule has 2 aromatic carbocycles. The average molecular weight is 442 g/mol. The minimum atomic E-state index is -0.182.